The first-order chi connectivity index (χ1) is 15.8. The van der Waals surface area contributed by atoms with E-state index in [4.69, 9.17) is 10.00 Å². The van der Waals surface area contributed by atoms with Gasteiger partial charge < -0.3 is 9.64 Å². The lowest BCUT2D eigenvalue weighted by Crippen LogP contribution is -2.34. The van der Waals surface area contributed by atoms with E-state index in [0.29, 0.717) is 16.7 Å². The lowest BCUT2D eigenvalue weighted by atomic mass is 9.88. The summed E-state index contributed by atoms with van der Waals surface area (Å²) in [6.07, 6.45) is 3.28. The number of nitrogens with zero attached hydrogens (tertiary/aromatic N) is 3. The Morgan fingerprint density at radius 3 is 2.62 bits per heavy atom. The van der Waals surface area contributed by atoms with Gasteiger partial charge >= 0.3 is 0 Å². The van der Waals surface area contributed by atoms with Crippen LogP contribution in [0.2, 0.25) is 0 Å². The molecule has 1 aliphatic heterocycles. The van der Waals surface area contributed by atoms with Crippen LogP contribution in [0.5, 0.6) is 10.9 Å². The van der Waals surface area contributed by atoms with Gasteiger partial charge in [-0.25, -0.2) is 4.98 Å². The number of para-hydroxylation sites is 1. The van der Waals surface area contributed by atoms with Gasteiger partial charge in [0.1, 0.15) is 5.75 Å². The highest BCUT2D eigenvalue weighted by Crippen LogP contribution is 2.31. The molecule has 0 unspecified atom stereocenters. The van der Waals surface area contributed by atoms with Crippen molar-refractivity contribution in [3.63, 3.8) is 0 Å². The Kier molecular flexibility index (Phi) is 6.15. The van der Waals surface area contributed by atoms with Crippen LogP contribution >= 0.6 is 11.3 Å². The lowest BCUT2D eigenvalue weighted by molar-refractivity contribution is 0.214. The van der Waals surface area contributed by atoms with Crippen LogP contribution in [0.25, 0.3) is 10.2 Å². The topological polar surface area (TPSA) is 49.2 Å². The minimum Gasteiger partial charge on any atom is -0.431 e. The Morgan fingerprint density at radius 1 is 1.03 bits per heavy atom. The number of ether oxygens (including phenoxy) is 1. The summed E-state index contributed by atoms with van der Waals surface area (Å²) in [5.74, 6) is 1.34. The Bertz CT molecular complexity index is 1200. The highest BCUT2D eigenvalue weighted by atomic mass is 32.1. The minimum absolute atomic E-state index is 0.512. The highest BCUT2D eigenvalue weighted by Gasteiger charge is 2.20. The molecule has 0 amide bonds. The summed E-state index contributed by atoms with van der Waals surface area (Å²) < 4.78 is 7.09. The first kappa shape index (κ1) is 20.7. The predicted octanol–water partition coefficient (Wildman–Crippen LogP) is 6.18. The van der Waals surface area contributed by atoms with E-state index in [-0.39, 0.29) is 0 Å². The molecule has 159 valence electrons. The van der Waals surface area contributed by atoms with E-state index < -0.39 is 0 Å². The number of likely N-dealkylation sites (tertiary alicyclic amines) is 1. The third-order valence-corrected chi connectivity index (χ3v) is 7.00. The van der Waals surface area contributed by atoms with Crippen LogP contribution in [0.15, 0.2) is 66.7 Å². The SMILES string of the molecule is N#Cc1[c]c(C2CCN(CCc3ccc(Oc4nc5ccccc5s4)cc3)CC2)ccc1. The van der Waals surface area contributed by atoms with Gasteiger partial charge in [-0.2, -0.15) is 5.26 Å². The van der Waals surface area contributed by atoms with Gasteiger partial charge in [0.05, 0.1) is 21.8 Å². The monoisotopic (exact) mass is 438 g/mol. The Morgan fingerprint density at radius 2 is 1.84 bits per heavy atom. The zero-order chi connectivity index (χ0) is 21.8. The van der Waals surface area contributed by atoms with E-state index in [1.165, 1.54) is 11.1 Å². The average Bonchev–Trinajstić information content (AvgIpc) is 3.26. The van der Waals surface area contributed by atoms with Gasteiger partial charge in [-0.05, 0) is 79.7 Å². The van der Waals surface area contributed by atoms with Crippen LogP contribution < -0.4 is 4.74 Å². The van der Waals surface area contributed by atoms with Crippen molar-refractivity contribution in [2.45, 2.75) is 25.2 Å². The number of fused-ring (bicyclic) bond motifs is 1. The summed E-state index contributed by atoms with van der Waals surface area (Å²) in [6, 6.07) is 27.8. The molecule has 5 heteroatoms. The largest absolute Gasteiger partial charge is 0.431 e. The summed E-state index contributed by atoms with van der Waals surface area (Å²) >= 11 is 1.57. The molecule has 3 aromatic carbocycles. The summed E-state index contributed by atoms with van der Waals surface area (Å²) in [5, 5.41) is 9.78. The van der Waals surface area contributed by atoms with Gasteiger partial charge in [0, 0.05) is 12.6 Å². The summed E-state index contributed by atoms with van der Waals surface area (Å²) in [4.78, 5) is 7.07. The fourth-order valence-electron chi connectivity index (χ4n) is 4.26. The van der Waals surface area contributed by atoms with Gasteiger partial charge in [-0.15, -0.1) is 0 Å². The summed E-state index contributed by atoms with van der Waals surface area (Å²) in [7, 11) is 0. The number of thiazole rings is 1. The maximum absolute atomic E-state index is 9.10. The van der Waals surface area contributed by atoms with E-state index in [2.05, 4.69) is 46.3 Å². The normalized spacial score (nSPS) is 15.0. The van der Waals surface area contributed by atoms with Crippen LogP contribution in [-0.2, 0) is 6.42 Å². The number of hydrogen-bond acceptors (Lipinski definition) is 5. The average molecular weight is 439 g/mol. The number of rotatable bonds is 6. The fourth-order valence-corrected chi connectivity index (χ4v) is 5.10. The lowest BCUT2D eigenvalue weighted by Gasteiger charge is -2.32. The van der Waals surface area contributed by atoms with Crippen LogP contribution in [0.1, 0.15) is 35.4 Å². The molecular formula is C27H24N3OS. The molecule has 2 heterocycles. The maximum atomic E-state index is 9.10. The zero-order valence-corrected chi connectivity index (χ0v) is 18.6. The molecule has 4 aromatic rings. The van der Waals surface area contributed by atoms with Crippen LogP contribution in [0.3, 0.4) is 0 Å². The van der Waals surface area contributed by atoms with Crippen molar-refractivity contribution in [3.8, 4) is 17.0 Å². The first-order valence-corrected chi connectivity index (χ1v) is 11.9. The Labute approximate surface area is 192 Å². The van der Waals surface area contributed by atoms with E-state index in [9.17, 15) is 0 Å². The molecule has 1 aliphatic rings. The van der Waals surface area contributed by atoms with Crippen molar-refractivity contribution < 1.29 is 4.74 Å². The van der Waals surface area contributed by atoms with E-state index in [0.717, 1.165) is 54.9 Å². The predicted molar refractivity (Wildman–Crippen MR) is 128 cm³/mol. The van der Waals surface area contributed by atoms with Crippen LogP contribution in [0.4, 0.5) is 0 Å². The van der Waals surface area contributed by atoms with Crippen molar-refractivity contribution >= 4 is 21.6 Å². The Hall–Kier alpha value is -3.20. The molecule has 0 aliphatic carbocycles. The highest BCUT2D eigenvalue weighted by molar-refractivity contribution is 7.20. The van der Waals surface area contributed by atoms with E-state index in [1.807, 2.05) is 42.5 Å². The molecule has 1 aromatic heterocycles. The molecule has 0 bridgehead atoms. The molecule has 1 radical (unpaired) electrons. The molecule has 1 saturated heterocycles. The van der Waals surface area contributed by atoms with Gasteiger partial charge in [0.2, 0.25) is 0 Å². The maximum Gasteiger partial charge on any atom is 0.279 e. The third-order valence-electron chi connectivity index (χ3n) is 6.09. The molecule has 0 N–H and O–H groups in total. The number of hydrogen-bond donors (Lipinski definition) is 0. The number of aromatic nitrogens is 1. The van der Waals surface area contributed by atoms with Crippen molar-refractivity contribution in [2.24, 2.45) is 0 Å². The van der Waals surface area contributed by atoms with E-state index >= 15 is 0 Å². The van der Waals surface area contributed by atoms with Crippen molar-refractivity contribution in [2.75, 3.05) is 19.6 Å². The fraction of sp³-hybridized carbons (Fsp3) is 0.259. The van der Waals surface area contributed by atoms with Crippen molar-refractivity contribution in [3.05, 3.63) is 89.5 Å². The Balaban J connectivity index is 1.11. The standard InChI is InChI=1S/C27H24N3OS/c28-19-21-4-3-5-23(18-21)22-13-16-30(17-14-22)15-12-20-8-10-24(11-9-20)31-27-29-25-6-1-2-7-26(25)32-27/h1-11,22H,12-17H2. The van der Waals surface area contributed by atoms with Gasteiger partial charge in [0.25, 0.3) is 5.19 Å². The smallest absolute Gasteiger partial charge is 0.279 e. The molecule has 0 atom stereocenters. The summed E-state index contributed by atoms with van der Waals surface area (Å²) in [5.41, 5.74) is 4.12. The molecule has 5 rings (SSSR count). The first-order valence-electron chi connectivity index (χ1n) is 11.0. The number of piperidine rings is 1. The van der Waals surface area contributed by atoms with Gasteiger partial charge in [-0.3, -0.25) is 0 Å². The molecule has 32 heavy (non-hydrogen) atoms. The number of nitriles is 1. The number of benzene rings is 3. The molecule has 0 saturated carbocycles. The molecule has 4 nitrogen and oxygen atoms in total. The second-order valence-electron chi connectivity index (χ2n) is 8.19. The third kappa shape index (κ3) is 4.83. The van der Waals surface area contributed by atoms with Gasteiger partial charge in [0.15, 0.2) is 0 Å². The van der Waals surface area contributed by atoms with Crippen molar-refractivity contribution in [1.29, 1.82) is 5.26 Å². The second kappa shape index (κ2) is 9.52. The molecule has 1 fully saturated rings. The quantitative estimate of drug-likeness (QED) is 0.360. The molecule has 0 spiro atoms. The van der Waals surface area contributed by atoms with Gasteiger partial charge in [-0.1, -0.05) is 47.7 Å². The summed E-state index contributed by atoms with van der Waals surface area (Å²) in [6.45, 7) is 3.24. The zero-order valence-electron chi connectivity index (χ0n) is 17.8. The van der Waals surface area contributed by atoms with Crippen molar-refractivity contribution in [1.82, 2.24) is 9.88 Å². The minimum atomic E-state index is 0.512. The van der Waals surface area contributed by atoms with Crippen LogP contribution in [-0.4, -0.2) is 29.5 Å². The van der Waals surface area contributed by atoms with E-state index in [1.54, 1.807) is 11.3 Å². The molecular weight excluding hydrogens is 414 g/mol. The second-order valence-corrected chi connectivity index (χ2v) is 9.18. The van der Waals surface area contributed by atoms with Crippen LogP contribution in [0, 0.1) is 17.4 Å².